The summed E-state index contributed by atoms with van der Waals surface area (Å²) in [6.07, 6.45) is 1.72. The van der Waals surface area contributed by atoms with Gasteiger partial charge in [-0.1, -0.05) is 13.8 Å². The molecule has 5 nitrogen and oxygen atoms in total. The van der Waals surface area contributed by atoms with Crippen molar-refractivity contribution in [3.63, 3.8) is 0 Å². The van der Waals surface area contributed by atoms with Crippen LogP contribution in [0, 0.1) is 5.92 Å². The summed E-state index contributed by atoms with van der Waals surface area (Å²) in [6, 6.07) is 0. The highest BCUT2D eigenvalue weighted by Gasteiger charge is 2.24. The first-order valence-corrected chi connectivity index (χ1v) is 5.77. The monoisotopic (exact) mass is 226 g/mol. The van der Waals surface area contributed by atoms with Crippen LogP contribution >= 0.6 is 0 Å². The van der Waals surface area contributed by atoms with Gasteiger partial charge in [0.05, 0.1) is 12.1 Å². The molecular formula is C11H22N4O. The molecule has 0 bridgehead atoms. The number of nitrogens with one attached hydrogen (secondary N) is 1. The van der Waals surface area contributed by atoms with Gasteiger partial charge in [-0.25, -0.2) is 0 Å². The van der Waals surface area contributed by atoms with Crippen LogP contribution in [0.3, 0.4) is 0 Å². The fraction of sp³-hybridized carbons (Fsp3) is 0.818. The molecule has 16 heavy (non-hydrogen) atoms. The van der Waals surface area contributed by atoms with Gasteiger partial charge in [0, 0.05) is 13.1 Å². The topological polar surface area (TPSA) is 63.0 Å². The Labute approximate surface area is 96.9 Å². The number of hydrogen-bond acceptors (Lipinski definition) is 4. The Morgan fingerprint density at radius 1 is 1.56 bits per heavy atom. The standard InChI is InChI=1S/C11H22N4O/c1-5-15-8-13-14-10(15)6-12-7-11(4,16)9(2)3/h8-9,12,16H,5-7H2,1-4H3. The summed E-state index contributed by atoms with van der Waals surface area (Å²) in [5.41, 5.74) is -0.683. The molecule has 0 aromatic carbocycles. The third kappa shape index (κ3) is 3.28. The first-order chi connectivity index (χ1) is 7.47. The second-order valence-corrected chi connectivity index (χ2v) is 4.65. The zero-order valence-corrected chi connectivity index (χ0v) is 10.6. The number of aromatic nitrogens is 3. The number of nitrogens with zero attached hydrogens (tertiary/aromatic N) is 3. The zero-order valence-electron chi connectivity index (χ0n) is 10.6. The van der Waals surface area contributed by atoms with Gasteiger partial charge in [0.2, 0.25) is 0 Å². The minimum absolute atomic E-state index is 0.226. The van der Waals surface area contributed by atoms with Crippen LogP contribution in [-0.4, -0.2) is 32.0 Å². The molecule has 0 aliphatic rings. The van der Waals surface area contributed by atoms with Crippen LogP contribution in [0.15, 0.2) is 6.33 Å². The fourth-order valence-corrected chi connectivity index (χ4v) is 1.31. The number of aryl methyl sites for hydroxylation is 1. The van der Waals surface area contributed by atoms with Crippen molar-refractivity contribution in [2.75, 3.05) is 6.54 Å². The maximum absolute atomic E-state index is 10.0. The van der Waals surface area contributed by atoms with E-state index < -0.39 is 5.60 Å². The van der Waals surface area contributed by atoms with E-state index in [0.29, 0.717) is 13.1 Å². The van der Waals surface area contributed by atoms with Crippen molar-refractivity contribution in [2.24, 2.45) is 5.92 Å². The van der Waals surface area contributed by atoms with E-state index in [2.05, 4.69) is 22.4 Å². The van der Waals surface area contributed by atoms with Crippen molar-refractivity contribution in [3.05, 3.63) is 12.2 Å². The third-order valence-corrected chi connectivity index (χ3v) is 3.05. The molecule has 92 valence electrons. The highest BCUT2D eigenvalue weighted by Crippen LogP contribution is 2.14. The van der Waals surface area contributed by atoms with Gasteiger partial charge in [-0.3, -0.25) is 0 Å². The molecule has 0 aliphatic carbocycles. The van der Waals surface area contributed by atoms with Gasteiger partial charge in [0.25, 0.3) is 0 Å². The van der Waals surface area contributed by atoms with E-state index in [-0.39, 0.29) is 5.92 Å². The average Bonchev–Trinajstić information content (AvgIpc) is 2.64. The maximum Gasteiger partial charge on any atom is 0.146 e. The second kappa shape index (κ2) is 5.41. The molecule has 1 atom stereocenters. The molecule has 1 heterocycles. The molecule has 0 aliphatic heterocycles. The van der Waals surface area contributed by atoms with Gasteiger partial charge in [-0.15, -0.1) is 10.2 Å². The van der Waals surface area contributed by atoms with E-state index in [4.69, 9.17) is 0 Å². The Balaban J connectivity index is 2.41. The summed E-state index contributed by atoms with van der Waals surface area (Å²) in [5, 5.41) is 21.1. The summed E-state index contributed by atoms with van der Waals surface area (Å²) in [6.45, 7) is 9.97. The first-order valence-electron chi connectivity index (χ1n) is 5.77. The Morgan fingerprint density at radius 2 is 2.25 bits per heavy atom. The summed E-state index contributed by atoms with van der Waals surface area (Å²) in [4.78, 5) is 0. The molecule has 0 spiro atoms. The summed E-state index contributed by atoms with van der Waals surface area (Å²) in [5.74, 6) is 1.13. The average molecular weight is 226 g/mol. The van der Waals surface area contributed by atoms with E-state index in [1.807, 2.05) is 25.3 Å². The minimum atomic E-state index is -0.683. The fourth-order valence-electron chi connectivity index (χ4n) is 1.31. The summed E-state index contributed by atoms with van der Waals surface area (Å²) < 4.78 is 1.98. The van der Waals surface area contributed by atoms with Gasteiger partial charge >= 0.3 is 0 Å². The lowest BCUT2D eigenvalue weighted by Gasteiger charge is -2.27. The largest absolute Gasteiger partial charge is 0.389 e. The van der Waals surface area contributed by atoms with E-state index in [1.165, 1.54) is 0 Å². The van der Waals surface area contributed by atoms with E-state index in [0.717, 1.165) is 12.4 Å². The highest BCUT2D eigenvalue weighted by molar-refractivity contribution is 4.86. The third-order valence-electron chi connectivity index (χ3n) is 3.05. The Kier molecular flexibility index (Phi) is 4.44. The smallest absolute Gasteiger partial charge is 0.146 e. The predicted molar refractivity (Wildman–Crippen MR) is 62.9 cm³/mol. The maximum atomic E-state index is 10.0. The van der Waals surface area contributed by atoms with Crippen molar-refractivity contribution < 1.29 is 5.11 Å². The molecule has 1 rings (SSSR count). The van der Waals surface area contributed by atoms with Crippen LogP contribution in [0.5, 0.6) is 0 Å². The predicted octanol–water partition coefficient (Wildman–Crippen LogP) is 0.795. The van der Waals surface area contributed by atoms with Gasteiger partial charge in [-0.2, -0.15) is 0 Å². The van der Waals surface area contributed by atoms with Crippen molar-refractivity contribution >= 4 is 0 Å². The van der Waals surface area contributed by atoms with Crippen LogP contribution in [0.25, 0.3) is 0 Å². The summed E-state index contributed by atoms with van der Waals surface area (Å²) >= 11 is 0. The molecule has 1 aromatic heterocycles. The van der Waals surface area contributed by atoms with Crippen LogP contribution in [0.4, 0.5) is 0 Å². The molecule has 0 fully saturated rings. The van der Waals surface area contributed by atoms with Crippen molar-refractivity contribution in [1.82, 2.24) is 20.1 Å². The molecule has 2 N–H and O–H groups in total. The molecule has 1 aromatic rings. The zero-order chi connectivity index (χ0) is 12.2. The SMILES string of the molecule is CCn1cnnc1CNCC(C)(O)C(C)C. The van der Waals surface area contributed by atoms with Crippen LogP contribution in [0.2, 0.25) is 0 Å². The van der Waals surface area contributed by atoms with E-state index in [9.17, 15) is 5.11 Å². The van der Waals surface area contributed by atoms with Crippen LogP contribution < -0.4 is 5.32 Å². The second-order valence-electron chi connectivity index (χ2n) is 4.65. The lowest BCUT2D eigenvalue weighted by atomic mass is 9.93. The first kappa shape index (κ1) is 13.1. The van der Waals surface area contributed by atoms with E-state index >= 15 is 0 Å². The number of aliphatic hydroxyl groups is 1. The number of hydrogen-bond donors (Lipinski definition) is 2. The molecule has 1 unspecified atom stereocenters. The Bertz CT molecular complexity index is 320. The number of rotatable bonds is 6. The lowest BCUT2D eigenvalue weighted by Crippen LogP contribution is -2.42. The Morgan fingerprint density at radius 3 is 2.81 bits per heavy atom. The highest BCUT2D eigenvalue weighted by atomic mass is 16.3. The minimum Gasteiger partial charge on any atom is -0.389 e. The van der Waals surface area contributed by atoms with Crippen molar-refractivity contribution in [2.45, 2.75) is 46.4 Å². The molecule has 5 heteroatoms. The van der Waals surface area contributed by atoms with Crippen molar-refractivity contribution in [3.8, 4) is 0 Å². The van der Waals surface area contributed by atoms with Gasteiger partial charge in [0.1, 0.15) is 12.2 Å². The molecule has 0 amide bonds. The normalized spacial score (nSPS) is 15.4. The molecule has 0 saturated carbocycles. The summed E-state index contributed by atoms with van der Waals surface area (Å²) in [7, 11) is 0. The lowest BCUT2D eigenvalue weighted by molar-refractivity contribution is 0.0138. The quantitative estimate of drug-likeness (QED) is 0.753. The van der Waals surface area contributed by atoms with Crippen LogP contribution in [0.1, 0.15) is 33.5 Å². The van der Waals surface area contributed by atoms with E-state index in [1.54, 1.807) is 6.33 Å². The Hall–Kier alpha value is -0.940. The van der Waals surface area contributed by atoms with Gasteiger partial charge < -0.3 is 15.0 Å². The molecular weight excluding hydrogens is 204 g/mol. The van der Waals surface area contributed by atoms with Crippen LogP contribution in [-0.2, 0) is 13.1 Å². The van der Waals surface area contributed by atoms with Gasteiger partial charge in [0.15, 0.2) is 0 Å². The molecule has 0 radical (unpaired) electrons. The van der Waals surface area contributed by atoms with Gasteiger partial charge in [-0.05, 0) is 19.8 Å². The van der Waals surface area contributed by atoms with Crippen molar-refractivity contribution in [1.29, 1.82) is 0 Å². The molecule has 0 saturated heterocycles.